The van der Waals surface area contributed by atoms with Gasteiger partial charge in [-0.05, 0) is 61.2 Å². The first kappa shape index (κ1) is 26.3. The Morgan fingerprint density at radius 3 is 2.44 bits per heavy atom. The molecule has 0 aliphatic carbocycles. The molecule has 1 amide bonds. The van der Waals surface area contributed by atoms with Crippen molar-refractivity contribution in [2.45, 2.75) is 39.5 Å². The minimum absolute atomic E-state index is 0.146. The Bertz CT molecular complexity index is 1070. The molecule has 0 bridgehead atoms. The molecule has 2 aromatic carbocycles. The monoisotopic (exact) mass is 466 g/mol. The molecule has 0 saturated heterocycles. The van der Waals surface area contributed by atoms with E-state index < -0.39 is 11.9 Å². The normalized spacial score (nSPS) is 10.8. The van der Waals surface area contributed by atoms with Crippen LogP contribution in [0.2, 0.25) is 0 Å². The Hall–Kier alpha value is -3.99. The first-order valence-electron chi connectivity index (χ1n) is 11.1. The smallest absolute Gasteiger partial charge is 0.311 e. The molecule has 0 aliphatic rings. The molecule has 0 unspecified atom stereocenters. The minimum Gasteiger partial charge on any atom is -0.493 e. The van der Waals surface area contributed by atoms with Gasteiger partial charge in [-0.15, -0.1) is 0 Å². The van der Waals surface area contributed by atoms with E-state index in [1.165, 1.54) is 19.3 Å². The van der Waals surface area contributed by atoms with Crippen molar-refractivity contribution in [3.8, 4) is 29.1 Å². The van der Waals surface area contributed by atoms with Crippen LogP contribution >= 0.6 is 0 Å². The van der Waals surface area contributed by atoms with E-state index in [1.807, 2.05) is 25.1 Å². The van der Waals surface area contributed by atoms with Gasteiger partial charge in [0.15, 0.2) is 23.0 Å². The molecule has 2 N–H and O–H groups in total. The second-order valence-corrected chi connectivity index (χ2v) is 7.33. The molecular formula is C26H30N2O6. The van der Waals surface area contributed by atoms with Crippen molar-refractivity contribution >= 4 is 18.0 Å². The van der Waals surface area contributed by atoms with Crippen LogP contribution < -0.4 is 24.7 Å². The topological polar surface area (TPSA) is 121 Å². The van der Waals surface area contributed by atoms with E-state index in [4.69, 9.17) is 29.9 Å². The number of unbranched alkanes of at least 4 members (excludes halogenated alkanes) is 1. The fourth-order valence-corrected chi connectivity index (χ4v) is 3.03. The summed E-state index contributed by atoms with van der Waals surface area (Å²) in [7, 11) is 1.43. The Labute approximate surface area is 199 Å². The highest BCUT2D eigenvalue weighted by molar-refractivity contribution is 6.00. The average molecular weight is 467 g/mol. The number of nitriles is 1. The molecule has 0 aliphatic heterocycles. The van der Waals surface area contributed by atoms with E-state index in [-0.39, 0.29) is 23.5 Å². The lowest BCUT2D eigenvalue weighted by atomic mass is 10.1. The third-order valence-electron chi connectivity index (χ3n) is 4.79. The number of methoxy groups -OCH3 is 1. The summed E-state index contributed by atoms with van der Waals surface area (Å²) >= 11 is 0. The number of ether oxygens (including phenoxy) is 4. The number of rotatable bonds is 13. The number of nitrogens with zero attached hydrogens (tertiary/aromatic N) is 1. The number of primary amides is 1. The first-order valence-corrected chi connectivity index (χ1v) is 11.1. The molecule has 0 fully saturated rings. The minimum atomic E-state index is -0.829. The fourth-order valence-electron chi connectivity index (χ4n) is 3.03. The molecule has 0 heterocycles. The summed E-state index contributed by atoms with van der Waals surface area (Å²) < 4.78 is 22.2. The van der Waals surface area contributed by atoms with Crippen molar-refractivity contribution in [2.75, 3.05) is 20.3 Å². The van der Waals surface area contributed by atoms with Crippen LogP contribution in [0.4, 0.5) is 0 Å². The van der Waals surface area contributed by atoms with Gasteiger partial charge in [-0.1, -0.05) is 25.5 Å². The average Bonchev–Trinajstić information content (AvgIpc) is 2.83. The van der Waals surface area contributed by atoms with Crippen molar-refractivity contribution in [3.05, 3.63) is 53.1 Å². The second-order valence-electron chi connectivity index (χ2n) is 7.33. The highest BCUT2D eigenvalue weighted by atomic mass is 16.6. The molecule has 2 rings (SSSR count). The largest absolute Gasteiger partial charge is 0.493 e. The van der Waals surface area contributed by atoms with E-state index in [1.54, 1.807) is 18.2 Å². The number of amides is 1. The summed E-state index contributed by atoms with van der Waals surface area (Å²) in [5.74, 6) is 0.606. The van der Waals surface area contributed by atoms with Crippen LogP contribution in [0.3, 0.4) is 0 Å². The highest BCUT2D eigenvalue weighted by Gasteiger charge is 2.13. The SMILES string of the molecule is CCCCOc1ccc(CCC(=O)Oc2ccc(/C=C(\C#N)C(N)=O)cc2OC)cc1OCC. The summed E-state index contributed by atoms with van der Waals surface area (Å²) in [6, 6.07) is 12.1. The van der Waals surface area contributed by atoms with Crippen molar-refractivity contribution in [1.29, 1.82) is 5.26 Å². The van der Waals surface area contributed by atoms with Crippen LogP contribution in [0.25, 0.3) is 6.08 Å². The van der Waals surface area contributed by atoms with E-state index in [2.05, 4.69) is 6.92 Å². The third kappa shape index (κ3) is 7.85. The number of carbonyl (C=O) groups is 2. The van der Waals surface area contributed by atoms with Crippen molar-refractivity contribution in [1.82, 2.24) is 0 Å². The summed E-state index contributed by atoms with van der Waals surface area (Å²) in [5, 5.41) is 8.99. The highest BCUT2D eigenvalue weighted by Crippen LogP contribution is 2.31. The van der Waals surface area contributed by atoms with Gasteiger partial charge >= 0.3 is 5.97 Å². The van der Waals surface area contributed by atoms with Gasteiger partial charge < -0.3 is 24.7 Å². The van der Waals surface area contributed by atoms with Gasteiger partial charge in [-0.3, -0.25) is 9.59 Å². The van der Waals surface area contributed by atoms with Crippen LogP contribution in [0.1, 0.15) is 44.2 Å². The zero-order chi connectivity index (χ0) is 24.9. The maximum absolute atomic E-state index is 12.5. The Kier molecular flexibility index (Phi) is 10.5. The quantitative estimate of drug-likeness (QED) is 0.154. The molecule has 0 aromatic heterocycles. The zero-order valence-electron chi connectivity index (χ0n) is 19.8. The Balaban J connectivity index is 2.05. The number of esters is 1. The fraction of sp³-hybridized carbons (Fsp3) is 0.346. The number of hydrogen-bond donors (Lipinski definition) is 1. The molecule has 8 nitrogen and oxygen atoms in total. The third-order valence-corrected chi connectivity index (χ3v) is 4.79. The molecule has 0 saturated carbocycles. The lowest BCUT2D eigenvalue weighted by Crippen LogP contribution is -2.12. The molecule has 0 spiro atoms. The summed E-state index contributed by atoms with van der Waals surface area (Å²) in [6.07, 6.45) is 3.95. The van der Waals surface area contributed by atoms with Crippen LogP contribution in [-0.4, -0.2) is 32.2 Å². The number of benzene rings is 2. The molecule has 0 atom stereocenters. The summed E-state index contributed by atoms with van der Waals surface area (Å²) in [5.41, 5.74) is 6.40. The number of hydrogen-bond acceptors (Lipinski definition) is 7. The van der Waals surface area contributed by atoms with Crippen molar-refractivity contribution < 1.29 is 28.5 Å². The maximum Gasteiger partial charge on any atom is 0.311 e. The summed E-state index contributed by atoms with van der Waals surface area (Å²) in [4.78, 5) is 23.7. The zero-order valence-corrected chi connectivity index (χ0v) is 19.8. The number of carbonyl (C=O) groups excluding carboxylic acids is 2. The lowest BCUT2D eigenvalue weighted by molar-refractivity contribution is -0.134. The predicted octanol–water partition coefficient (Wildman–Crippen LogP) is 4.20. The molecule has 34 heavy (non-hydrogen) atoms. The lowest BCUT2D eigenvalue weighted by Gasteiger charge is -2.13. The van der Waals surface area contributed by atoms with Gasteiger partial charge in [0.2, 0.25) is 0 Å². The molecular weight excluding hydrogens is 436 g/mol. The molecule has 180 valence electrons. The van der Waals surface area contributed by atoms with E-state index in [0.29, 0.717) is 36.7 Å². The molecule has 2 aromatic rings. The van der Waals surface area contributed by atoms with E-state index in [9.17, 15) is 9.59 Å². The van der Waals surface area contributed by atoms with Gasteiger partial charge in [-0.25, -0.2) is 0 Å². The second kappa shape index (κ2) is 13.5. The summed E-state index contributed by atoms with van der Waals surface area (Å²) in [6.45, 7) is 5.14. The van der Waals surface area contributed by atoms with Crippen LogP contribution in [0.5, 0.6) is 23.0 Å². The van der Waals surface area contributed by atoms with E-state index in [0.717, 1.165) is 18.4 Å². The molecule has 0 radical (unpaired) electrons. The molecule has 8 heteroatoms. The number of aryl methyl sites for hydroxylation is 1. The van der Waals surface area contributed by atoms with Crippen molar-refractivity contribution in [3.63, 3.8) is 0 Å². The van der Waals surface area contributed by atoms with Crippen molar-refractivity contribution in [2.24, 2.45) is 5.73 Å². The van der Waals surface area contributed by atoms with E-state index >= 15 is 0 Å². The van der Waals surface area contributed by atoms with Gasteiger partial charge in [0.1, 0.15) is 11.6 Å². The Morgan fingerprint density at radius 1 is 1.03 bits per heavy atom. The van der Waals surface area contributed by atoms with Gasteiger partial charge in [-0.2, -0.15) is 5.26 Å². The standard InChI is InChI=1S/C26H30N2O6/c1-4-6-13-33-21-10-7-18(15-24(21)32-5-2)9-12-25(29)34-22-11-8-19(16-23(22)31-3)14-20(17-27)26(28)30/h7-8,10-11,14-16H,4-6,9,12-13H2,1-3H3,(H2,28,30)/b20-14+. The van der Waals surface area contributed by atoms with Crippen LogP contribution in [0, 0.1) is 11.3 Å². The number of nitrogens with two attached hydrogens (primary N) is 1. The van der Waals surface area contributed by atoms with Crippen LogP contribution in [0.15, 0.2) is 42.0 Å². The maximum atomic E-state index is 12.5. The van der Waals surface area contributed by atoms with Crippen LogP contribution in [-0.2, 0) is 16.0 Å². The van der Waals surface area contributed by atoms with Gasteiger partial charge in [0.25, 0.3) is 5.91 Å². The Morgan fingerprint density at radius 2 is 1.79 bits per heavy atom. The van der Waals surface area contributed by atoms with Gasteiger partial charge in [0, 0.05) is 6.42 Å². The first-order chi connectivity index (χ1) is 16.4. The predicted molar refractivity (Wildman–Crippen MR) is 128 cm³/mol. The van der Waals surface area contributed by atoms with Gasteiger partial charge in [0.05, 0.1) is 20.3 Å².